The smallest absolute Gasteiger partial charge is 0.241 e. The lowest BCUT2D eigenvalue weighted by Gasteiger charge is -2.25. The van der Waals surface area contributed by atoms with Crippen molar-refractivity contribution in [2.24, 2.45) is 0 Å². The van der Waals surface area contributed by atoms with E-state index >= 15 is 0 Å². The molecule has 0 radical (unpaired) electrons. The summed E-state index contributed by atoms with van der Waals surface area (Å²) >= 11 is 3.49. The molecule has 0 atom stereocenters. The number of rotatable bonds is 1. The molecular formula is C9H13BrN2O. The molecule has 0 spiro atoms. The van der Waals surface area contributed by atoms with Crippen LogP contribution in [0.5, 0.6) is 0 Å². The van der Waals surface area contributed by atoms with Gasteiger partial charge in [-0.2, -0.15) is 0 Å². The molecule has 0 aromatic carbocycles. The molecule has 1 aromatic rings. The average molecular weight is 245 g/mol. The van der Waals surface area contributed by atoms with Crippen LogP contribution in [0.1, 0.15) is 25.0 Å². The fraction of sp³-hybridized carbons (Fsp3) is 0.667. The Labute approximate surface area is 86.2 Å². The Morgan fingerprint density at radius 2 is 2.00 bits per heavy atom. The Bertz CT molecular complexity index is 292. The maximum Gasteiger partial charge on any atom is 0.241 e. The Morgan fingerprint density at radius 3 is 2.54 bits per heavy atom. The van der Waals surface area contributed by atoms with E-state index in [-0.39, 0.29) is 0 Å². The quantitative estimate of drug-likeness (QED) is 0.761. The lowest BCUT2D eigenvalue weighted by molar-refractivity contribution is 0.401. The maximum absolute atomic E-state index is 5.26. The molecule has 0 bridgehead atoms. The molecule has 2 heterocycles. The first-order chi connectivity index (χ1) is 6.29. The molecule has 1 aliphatic heterocycles. The van der Waals surface area contributed by atoms with E-state index in [0.717, 1.165) is 29.1 Å². The molecule has 1 aliphatic rings. The van der Waals surface area contributed by atoms with Gasteiger partial charge in [0.1, 0.15) is 4.47 Å². The van der Waals surface area contributed by atoms with Crippen molar-refractivity contribution in [3.05, 3.63) is 10.2 Å². The van der Waals surface area contributed by atoms with Crippen LogP contribution in [0.3, 0.4) is 0 Å². The summed E-state index contributed by atoms with van der Waals surface area (Å²) < 4.78 is 6.27. The van der Waals surface area contributed by atoms with Gasteiger partial charge in [-0.15, -0.1) is 0 Å². The van der Waals surface area contributed by atoms with Crippen molar-refractivity contribution >= 4 is 21.8 Å². The number of hydrogen-bond acceptors (Lipinski definition) is 3. The highest BCUT2D eigenvalue weighted by Gasteiger charge is 2.19. The van der Waals surface area contributed by atoms with Crippen LogP contribution in [-0.4, -0.2) is 18.2 Å². The third kappa shape index (κ3) is 1.73. The van der Waals surface area contributed by atoms with Gasteiger partial charge in [-0.3, -0.25) is 0 Å². The Hall–Kier alpha value is -0.510. The zero-order valence-corrected chi connectivity index (χ0v) is 9.30. The van der Waals surface area contributed by atoms with Crippen LogP contribution in [0.25, 0.3) is 0 Å². The second-order valence-corrected chi connectivity index (χ2v) is 4.23. The first-order valence-corrected chi connectivity index (χ1v) is 5.45. The number of anilines is 1. The van der Waals surface area contributed by atoms with Gasteiger partial charge in [0.15, 0.2) is 0 Å². The topological polar surface area (TPSA) is 29.3 Å². The molecule has 4 heteroatoms. The molecule has 0 unspecified atom stereocenters. The number of piperidine rings is 1. The Kier molecular flexibility index (Phi) is 2.58. The van der Waals surface area contributed by atoms with Gasteiger partial charge in [0.25, 0.3) is 0 Å². The molecule has 13 heavy (non-hydrogen) atoms. The third-order valence-corrected chi connectivity index (χ3v) is 3.33. The van der Waals surface area contributed by atoms with Crippen molar-refractivity contribution in [3.8, 4) is 0 Å². The van der Waals surface area contributed by atoms with Gasteiger partial charge in [-0.1, -0.05) is 5.16 Å². The summed E-state index contributed by atoms with van der Waals surface area (Å²) in [5, 5.41) is 3.93. The normalized spacial score (nSPS) is 17.8. The Morgan fingerprint density at radius 1 is 1.31 bits per heavy atom. The van der Waals surface area contributed by atoms with E-state index in [1.54, 1.807) is 0 Å². The molecule has 72 valence electrons. The van der Waals surface area contributed by atoms with Crippen LogP contribution in [0, 0.1) is 6.92 Å². The van der Waals surface area contributed by atoms with Crippen molar-refractivity contribution < 1.29 is 4.52 Å². The minimum atomic E-state index is 0.900. The second kappa shape index (κ2) is 3.70. The number of halogens is 1. The number of nitrogens with zero attached hydrogens (tertiary/aromatic N) is 2. The predicted octanol–water partition coefficient (Wildman–Crippen LogP) is 2.74. The standard InChI is InChI=1S/C9H13BrN2O/c1-7-8(10)9(13-11-7)12-5-3-2-4-6-12/h2-6H2,1H3. The summed E-state index contributed by atoms with van der Waals surface area (Å²) in [5.41, 5.74) is 0.931. The summed E-state index contributed by atoms with van der Waals surface area (Å²) in [5.74, 6) is 0.900. The lowest BCUT2D eigenvalue weighted by atomic mass is 10.1. The second-order valence-electron chi connectivity index (χ2n) is 3.43. The minimum absolute atomic E-state index is 0.900. The van der Waals surface area contributed by atoms with E-state index in [1.807, 2.05) is 6.92 Å². The molecular weight excluding hydrogens is 232 g/mol. The van der Waals surface area contributed by atoms with Crippen molar-refractivity contribution in [1.82, 2.24) is 5.16 Å². The summed E-state index contributed by atoms with van der Waals surface area (Å²) in [7, 11) is 0. The Balaban J connectivity index is 2.18. The van der Waals surface area contributed by atoms with Crippen molar-refractivity contribution in [2.75, 3.05) is 18.0 Å². The fourth-order valence-electron chi connectivity index (χ4n) is 1.64. The van der Waals surface area contributed by atoms with Gasteiger partial charge in [0.05, 0.1) is 5.69 Å². The van der Waals surface area contributed by atoms with E-state index in [2.05, 4.69) is 26.0 Å². The zero-order valence-electron chi connectivity index (χ0n) is 7.72. The van der Waals surface area contributed by atoms with Gasteiger partial charge < -0.3 is 9.42 Å². The van der Waals surface area contributed by atoms with Crippen molar-refractivity contribution in [1.29, 1.82) is 0 Å². The van der Waals surface area contributed by atoms with E-state index in [0.29, 0.717) is 0 Å². The van der Waals surface area contributed by atoms with Crippen LogP contribution in [0.15, 0.2) is 9.00 Å². The number of aromatic nitrogens is 1. The molecule has 0 saturated carbocycles. The summed E-state index contributed by atoms with van der Waals surface area (Å²) in [6, 6.07) is 0. The molecule has 2 rings (SSSR count). The van der Waals surface area contributed by atoms with Crippen LogP contribution in [-0.2, 0) is 0 Å². The highest BCUT2D eigenvalue weighted by atomic mass is 79.9. The van der Waals surface area contributed by atoms with Crippen LogP contribution in [0.2, 0.25) is 0 Å². The van der Waals surface area contributed by atoms with Crippen LogP contribution >= 0.6 is 15.9 Å². The molecule has 1 fully saturated rings. The van der Waals surface area contributed by atoms with E-state index < -0.39 is 0 Å². The van der Waals surface area contributed by atoms with E-state index in [4.69, 9.17) is 4.52 Å². The summed E-state index contributed by atoms with van der Waals surface area (Å²) in [4.78, 5) is 2.26. The van der Waals surface area contributed by atoms with Gasteiger partial charge in [-0.05, 0) is 42.1 Å². The monoisotopic (exact) mass is 244 g/mol. The lowest BCUT2D eigenvalue weighted by Crippen LogP contribution is -2.29. The first-order valence-electron chi connectivity index (χ1n) is 4.66. The first kappa shape index (κ1) is 9.06. The molecule has 0 N–H and O–H groups in total. The number of aryl methyl sites for hydroxylation is 1. The van der Waals surface area contributed by atoms with Gasteiger partial charge in [0.2, 0.25) is 5.88 Å². The highest BCUT2D eigenvalue weighted by molar-refractivity contribution is 9.10. The molecule has 1 aromatic heterocycles. The average Bonchev–Trinajstić information content (AvgIpc) is 2.49. The zero-order chi connectivity index (χ0) is 9.26. The summed E-state index contributed by atoms with van der Waals surface area (Å²) in [6.07, 6.45) is 3.85. The molecule has 3 nitrogen and oxygen atoms in total. The fourth-order valence-corrected chi connectivity index (χ4v) is 2.04. The predicted molar refractivity (Wildman–Crippen MR) is 55.0 cm³/mol. The van der Waals surface area contributed by atoms with Crippen LogP contribution < -0.4 is 4.90 Å². The SMILES string of the molecule is Cc1noc(N2CCCCC2)c1Br. The van der Waals surface area contributed by atoms with Gasteiger partial charge >= 0.3 is 0 Å². The van der Waals surface area contributed by atoms with Gasteiger partial charge in [-0.25, -0.2) is 0 Å². The van der Waals surface area contributed by atoms with Crippen molar-refractivity contribution in [2.45, 2.75) is 26.2 Å². The van der Waals surface area contributed by atoms with Gasteiger partial charge in [0, 0.05) is 13.1 Å². The highest BCUT2D eigenvalue weighted by Crippen LogP contribution is 2.30. The van der Waals surface area contributed by atoms with Crippen LogP contribution in [0.4, 0.5) is 5.88 Å². The third-order valence-electron chi connectivity index (χ3n) is 2.42. The summed E-state index contributed by atoms with van der Waals surface area (Å²) in [6.45, 7) is 4.13. The van der Waals surface area contributed by atoms with E-state index in [9.17, 15) is 0 Å². The largest absolute Gasteiger partial charge is 0.340 e. The number of hydrogen-bond donors (Lipinski definition) is 0. The minimum Gasteiger partial charge on any atom is -0.340 e. The molecule has 0 aliphatic carbocycles. The molecule has 0 amide bonds. The maximum atomic E-state index is 5.26. The molecule has 1 saturated heterocycles. The van der Waals surface area contributed by atoms with E-state index in [1.165, 1.54) is 19.3 Å². The van der Waals surface area contributed by atoms with Crippen molar-refractivity contribution in [3.63, 3.8) is 0 Å².